The Bertz CT molecular complexity index is 1190. The fourth-order valence-corrected chi connectivity index (χ4v) is 6.32. The average molecular weight is 485 g/mol. The van der Waals surface area contributed by atoms with Gasteiger partial charge in [0.05, 0.1) is 37.3 Å². The fraction of sp³-hybridized carbons (Fsp3) is 0.241. The molecule has 1 unspecified atom stereocenters. The molecule has 0 saturated heterocycles. The molecule has 0 N–H and O–H groups in total. The Morgan fingerprint density at radius 1 is 0.914 bits per heavy atom. The molecule has 1 heterocycles. The SMILES string of the molecule is COC(=O)c1ccc(C(CO[SiH](c2ccccc2)c2ccccc2)n2cnc(C(C)(C)C)c2)cc1. The van der Waals surface area contributed by atoms with Gasteiger partial charge in [-0.3, -0.25) is 0 Å². The van der Waals surface area contributed by atoms with Crippen LogP contribution in [-0.4, -0.2) is 38.3 Å². The maximum Gasteiger partial charge on any atom is 0.337 e. The number of nitrogens with zero attached hydrogens (tertiary/aromatic N) is 2. The second-order valence-electron chi connectivity index (χ2n) is 9.62. The molecule has 0 aliphatic carbocycles. The van der Waals surface area contributed by atoms with Crippen LogP contribution in [0.3, 0.4) is 0 Å². The zero-order valence-corrected chi connectivity index (χ0v) is 21.9. The van der Waals surface area contributed by atoms with Crippen molar-refractivity contribution in [3.05, 3.63) is 114 Å². The Labute approximate surface area is 209 Å². The van der Waals surface area contributed by atoms with E-state index in [2.05, 4.69) is 85.1 Å². The third-order valence-corrected chi connectivity index (χ3v) is 8.58. The largest absolute Gasteiger partial charge is 0.465 e. The van der Waals surface area contributed by atoms with Crippen LogP contribution in [0.25, 0.3) is 0 Å². The molecule has 35 heavy (non-hydrogen) atoms. The first-order valence-electron chi connectivity index (χ1n) is 11.8. The van der Waals surface area contributed by atoms with Crippen molar-refractivity contribution in [2.24, 2.45) is 0 Å². The molecule has 0 aliphatic heterocycles. The summed E-state index contributed by atoms with van der Waals surface area (Å²) < 4.78 is 13.8. The van der Waals surface area contributed by atoms with Crippen molar-refractivity contribution in [1.82, 2.24) is 9.55 Å². The summed E-state index contributed by atoms with van der Waals surface area (Å²) in [5.41, 5.74) is 2.53. The van der Waals surface area contributed by atoms with Crippen LogP contribution in [-0.2, 0) is 14.6 Å². The summed E-state index contributed by atoms with van der Waals surface area (Å²) in [7, 11) is -0.526. The van der Waals surface area contributed by atoms with Gasteiger partial charge in [-0.15, -0.1) is 0 Å². The number of carbonyl (C=O) groups excluding carboxylic acids is 1. The molecule has 0 spiro atoms. The smallest absolute Gasteiger partial charge is 0.337 e. The van der Waals surface area contributed by atoms with Gasteiger partial charge < -0.3 is 13.7 Å². The summed E-state index contributed by atoms with van der Waals surface area (Å²) in [6.45, 7) is 6.95. The second-order valence-corrected chi connectivity index (χ2v) is 12.0. The van der Waals surface area contributed by atoms with Crippen molar-refractivity contribution in [2.75, 3.05) is 13.7 Å². The maximum absolute atomic E-state index is 12.0. The highest BCUT2D eigenvalue weighted by atomic mass is 28.3. The van der Waals surface area contributed by atoms with Gasteiger partial charge in [-0.2, -0.15) is 0 Å². The number of ether oxygens (including phenoxy) is 1. The predicted octanol–water partition coefficient (Wildman–Crippen LogP) is 4.11. The summed E-state index contributed by atoms with van der Waals surface area (Å²) in [4.78, 5) is 16.6. The Balaban J connectivity index is 1.67. The Hall–Kier alpha value is -3.48. The normalized spacial score (nSPS) is 12.5. The third kappa shape index (κ3) is 5.96. The number of rotatable bonds is 8. The van der Waals surface area contributed by atoms with Crippen LogP contribution in [0.1, 0.15) is 48.4 Å². The average Bonchev–Trinajstić information content (AvgIpc) is 3.38. The minimum Gasteiger partial charge on any atom is -0.465 e. The summed E-state index contributed by atoms with van der Waals surface area (Å²) in [5.74, 6) is -0.345. The van der Waals surface area contributed by atoms with Gasteiger partial charge >= 0.3 is 5.97 Å². The number of benzene rings is 3. The van der Waals surface area contributed by atoms with Crippen molar-refractivity contribution < 1.29 is 14.0 Å². The monoisotopic (exact) mass is 484 g/mol. The molecular formula is C29H32N2O3Si. The molecule has 4 rings (SSSR count). The standard InChI is InChI=1S/C29H32N2O3Si/c1-29(2,3)27-19-31(21-30-27)26(22-15-17-23(18-16-22)28(32)33-4)20-34-35(24-11-7-5-8-12-24)25-13-9-6-10-14-25/h5-19,21,26,35H,20H2,1-4H3. The molecule has 4 aromatic rings. The van der Waals surface area contributed by atoms with Gasteiger partial charge in [0, 0.05) is 11.6 Å². The van der Waals surface area contributed by atoms with Crippen molar-refractivity contribution in [3.8, 4) is 0 Å². The number of carbonyl (C=O) groups is 1. The van der Waals surface area contributed by atoms with E-state index in [-0.39, 0.29) is 17.4 Å². The van der Waals surface area contributed by atoms with Gasteiger partial charge in [-0.25, -0.2) is 9.78 Å². The first-order valence-corrected chi connectivity index (χ1v) is 13.4. The minimum atomic E-state index is -1.92. The molecule has 5 nitrogen and oxygen atoms in total. The van der Waals surface area contributed by atoms with Crippen LogP contribution in [0.2, 0.25) is 0 Å². The molecule has 0 aliphatic rings. The molecule has 1 aromatic heterocycles. The van der Waals surface area contributed by atoms with Crippen LogP contribution in [0.15, 0.2) is 97.5 Å². The number of imidazole rings is 1. The third-order valence-electron chi connectivity index (χ3n) is 6.07. The van der Waals surface area contributed by atoms with E-state index in [9.17, 15) is 4.79 Å². The Morgan fingerprint density at radius 3 is 1.97 bits per heavy atom. The zero-order chi connectivity index (χ0) is 24.8. The van der Waals surface area contributed by atoms with Crippen LogP contribution in [0.5, 0.6) is 0 Å². The molecule has 3 aromatic carbocycles. The quantitative estimate of drug-likeness (QED) is 0.279. The van der Waals surface area contributed by atoms with E-state index in [0.29, 0.717) is 12.2 Å². The lowest BCUT2D eigenvalue weighted by molar-refractivity contribution is 0.0600. The van der Waals surface area contributed by atoms with E-state index in [4.69, 9.17) is 9.16 Å². The summed E-state index contributed by atoms with van der Waals surface area (Å²) in [5, 5.41) is 2.47. The van der Waals surface area contributed by atoms with Crippen molar-refractivity contribution >= 4 is 25.4 Å². The summed E-state index contributed by atoms with van der Waals surface area (Å²) in [6.07, 6.45) is 3.98. The van der Waals surface area contributed by atoms with Crippen LogP contribution >= 0.6 is 0 Å². The molecule has 0 saturated carbocycles. The molecule has 0 amide bonds. The highest BCUT2D eigenvalue weighted by molar-refractivity contribution is 6.80. The molecule has 180 valence electrons. The van der Waals surface area contributed by atoms with Crippen molar-refractivity contribution in [1.29, 1.82) is 0 Å². The predicted molar refractivity (Wildman–Crippen MR) is 142 cm³/mol. The first-order chi connectivity index (χ1) is 16.9. The lowest BCUT2D eigenvalue weighted by atomic mass is 9.93. The lowest BCUT2D eigenvalue weighted by Crippen LogP contribution is -2.45. The van der Waals surface area contributed by atoms with Gasteiger partial charge in [-0.1, -0.05) is 93.6 Å². The van der Waals surface area contributed by atoms with E-state index in [1.165, 1.54) is 17.5 Å². The van der Waals surface area contributed by atoms with E-state index in [1.54, 1.807) is 12.1 Å². The van der Waals surface area contributed by atoms with Crippen LogP contribution < -0.4 is 10.4 Å². The molecular weight excluding hydrogens is 452 g/mol. The minimum absolute atomic E-state index is 0.0588. The number of hydrogen-bond acceptors (Lipinski definition) is 4. The summed E-state index contributed by atoms with van der Waals surface area (Å²) in [6, 6.07) is 28.4. The first kappa shape index (κ1) is 24.6. The topological polar surface area (TPSA) is 53.4 Å². The highest BCUT2D eigenvalue weighted by Crippen LogP contribution is 2.25. The van der Waals surface area contributed by atoms with Gasteiger partial charge in [0.2, 0.25) is 9.04 Å². The summed E-state index contributed by atoms with van der Waals surface area (Å²) >= 11 is 0. The second kappa shape index (κ2) is 10.8. The molecule has 1 atom stereocenters. The van der Waals surface area contributed by atoms with E-state index < -0.39 is 9.04 Å². The fourth-order valence-electron chi connectivity index (χ4n) is 4.04. The molecule has 0 fully saturated rings. The molecule has 0 radical (unpaired) electrons. The van der Waals surface area contributed by atoms with Crippen LogP contribution in [0.4, 0.5) is 0 Å². The molecule has 0 bridgehead atoms. The van der Waals surface area contributed by atoms with Crippen molar-refractivity contribution in [2.45, 2.75) is 32.2 Å². The Morgan fingerprint density at radius 2 is 1.49 bits per heavy atom. The highest BCUT2D eigenvalue weighted by Gasteiger charge is 2.24. The van der Waals surface area contributed by atoms with Crippen molar-refractivity contribution in [3.63, 3.8) is 0 Å². The number of esters is 1. The number of methoxy groups -OCH3 is 1. The lowest BCUT2D eigenvalue weighted by Gasteiger charge is -2.24. The van der Waals surface area contributed by atoms with Gasteiger partial charge in [0.15, 0.2) is 0 Å². The van der Waals surface area contributed by atoms with E-state index in [1.807, 2.05) is 30.6 Å². The number of hydrogen-bond donors (Lipinski definition) is 0. The number of aromatic nitrogens is 2. The Kier molecular flexibility index (Phi) is 7.63. The van der Waals surface area contributed by atoms with Gasteiger partial charge in [0.1, 0.15) is 0 Å². The molecule has 6 heteroatoms. The zero-order valence-electron chi connectivity index (χ0n) is 20.7. The van der Waals surface area contributed by atoms with E-state index in [0.717, 1.165) is 11.3 Å². The van der Waals surface area contributed by atoms with E-state index >= 15 is 0 Å². The van der Waals surface area contributed by atoms with Gasteiger partial charge in [-0.05, 0) is 28.1 Å². The maximum atomic E-state index is 12.0. The van der Waals surface area contributed by atoms with Gasteiger partial charge in [0.25, 0.3) is 0 Å². The van der Waals surface area contributed by atoms with Crippen LogP contribution in [0, 0.1) is 0 Å².